The Bertz CT molecular complexity index is 510. The molecular formula is C12H11NO2S2. The molecule has 1 heterocycles. The predicted molar refractivity (Wildman–Crippen MR) is 68.7 cm³/mol. The maximum absolute atomic E-state index is 10.8. The van der Waals surface area contributed by atoms with E-state index in [0.29, 0.717) is 5.69 Å². The number of hydrogen-bond acceptors (Lipinski definition) is 4. The molecule has 0 radical (unpaired) electrons. The fraction of sp³-hybridized carbons (Fsp3) is 0.167. The van der Waals surface area contributed by atoms with E-state index in [4.69, 9.17) is 5.11 Å². The van der Waals surface area contributed by atoms with Crippen molar-refractivity contribution in [3.05, 3.63) is 41.4 Å². The van der Waals surface area contributed by atoms with Crippen molar-refractivity contribution in [1.29, 1.82) is 0 Å². The Morgan fingerprint density at radius 1 is 1.41 bits per heavy atom. The van der Waals surface area contributed by atoms with Gasteiger partial charge in [0, 0.05) is 10.3 Å². The average Bonchev–Trinajstić information content (AvgIpc) is 2.77. The molecule has 1 aromatic heterocycles. The van der Waals surface area contributed by atoms with Crippen molar-refractivity contribution in [3.63, 3.8) is 0 Å². The van der Waals surface area contributed by atoms with Gasteiger partial charge < -0.3 is 5.11 Å². The van der Waals surface area contributed by atoms with E-state index >= 15 is 0 Å². The van der Waals surface area contributed by atoms with Crippen LogP contribution >= 0.6 is 23.1 Å². The third-order valence-corrected chi connectivity index (χ3v) is 4.23. The molecule has 0 aliphatic carbocycles. The highest BCUT2D eigenvalue weighted by Gasteiger charge is 2.17. The van der Waals surface area contributed by atoms with Crippen molar-refractivity contribution in [2.75, 3.05) is 0 Å². The lowest BCUT2D eigenvalue weighted by Gasteiger charge is -2.00. The molecule has 1 N–H and O–H groups in total. The number of aliphatic carboxylic acids is 1. The van der Waals surface area contributed by atoms with Gasteiger partial charge in [0.2, 0.25) is 0 Å². The van der Waals surface area contributed by atoms with Crippen molar-refractivity contribution in [1.82, 2.24) is 4.98 Å². The number of hydrogen-bond donors (Lipinski definition) is 1. The van der Waals surface area contributed by atoms with E-state index in [9.17, 15) is 4.79 Å². The van der Waals surface area contributed by atoms with E-state index in [-0.39, 0.29) is 0 Å². The highest BCUT2D eigenvalue weighted by Crippen LogP contribution is 2.31. The van der Waals surface area contributed by atoms with Crippen LogP contribution in [0.25, 0.3) is 0 Å². The second-order valence-corrected chi connectivity index (χ2v) is 5.69. The lowest BCUT2D eigenvalue weighted by molar-refractivity contribution is -0.138. The first-order chi connectivity index (χ1) is 8.16. The monoisotopic (exact) mass is 265 g/mol. The molecule has 0 amide bonds. The van der Waals surface area contributed by atoms with Crippen molar-refractivity contribution in [3.8, 4) is 0 Å². The van der Waals surface area contributed by atoms with Gasteiger partial charge in [-0.15, -0.1) is 11.3 Å². The van der Waals surface area contributed by atoms with Crippen molar-refractivity contribution >= 4 is 29.1 Å². The van der Waals surface area contributed by atoms with E-state index in [2.05, 4.69) is 4.98 Å². The summed E-state index contributed by atoms with van der Waals surface area (Å²) in [6, 6.07) is 9.91. The van der Waals surface area contributed by atoms with E-state index in [1.54, 1.807) is 18.7 Å². The van der Waals surface area contributed by atoms with Crippen LogP contribution in [-0.2, 0) is 4.79 Å². The number of aromatic nitrogens is 1. The summed E-state index contributed by atoms with van der Waals surface area (Å²) in [7, 11) is 0. The van der Waals surface area contributed by atoms with Gasteiger partial charge in [-0.1, -0.05) is 30.0 Å². The van der Waals surface area contributed by atoms with Gasteiger partial charge in [-0.05, 0) is 19.1 Å². The van der Waals surface area contributed by atoms with Crippen molar-refractivity contribution in [2.45, 2.75) is 22.1 Å². The minimum absolute atomic E-state index is 0.545. The van der Waals surface area contributed by atoms with Gasteiger partial charge in [0.15, 0.2) is 4.34 Å². The van der Waals surface area contributed by atoms with Crippen LogP contribution in [0.5, 0.6) is 0 Å². The lowest BCUT2D eigenvalue weighted by Crippen LogP contribution is -2.07. The molecule has 2 aromatic rings. The van der Waals surface area contributed by atoms with E-state index in [0.717, 1.165) is 9.24 Å². The third kappa shape index (κ3) is 3.08. The normalized spacial score (nSPS) is 12.3. The van der Waals surface area contributed by atoms with Gasteiger partial charge in [0.25, 0.3) is 0 Å². The van der Waals surface area contributed by atoms with Gasteiger partial charge in [-0.25, -0.2) is 4.98 Å². The standard InChI is InChI=1S/C12H11NO2S2/c1-8(11(14)15)10-7-16-12(13-10)17-9-5-3-2-4-6-9/h2-8H,1H3,(H,14,15). The Hall–Kier alpha value is -1.33. The van der Waals surface area contributed by atoms with Gasteiger partial charge in [0.05, 0.1) is 11.6 Å². The molecule has 1 unspecified atom stereocenters. The molecule has 0 saturated carbocycles. The average molecular weight is 265 g/mol. The first-order valence-corrected chi connectivity index (χ1v) is 6.77. The first-order valence-electron chi connectivity index (χ1n) is 5.08. The quantitative estimate of drug-likeness (QED) is 0.919. The zero-order valence-electron chi connectivity index (χ0n) is 9.16. The van der Waals surface area contributed by atoms with Gasteiger partial charge in [-0.2, -0.15) is 0 Å². The summed E-state index contributed by atoms with van der Waals surface area (Å²) in [6.45, 7) is 1.65. The molecule has 0 fully saturated rings. The summed E-state index contributed by atoms with van der Waals surface area (Å²) >= 11 is 3.03. The Morgan fingerprint density at radius 2 is 2.12 bits per heavy atom. The molecule has 0 saturated heterocycles. The Balaban J connectivity index is 2.11. The summed E-state index contributed by atoms with van der Waals surface area (Å²) < 4.78 is 0.874. The van der Waals surface area contributed by atoms with Crippen LogP contribution in [0.4, 0.5) is 0 Å². The molecule has 3 nitrogen and oxygen atoms in total. The molecule has 2 rings (SSSR count). The minimum Gasteiger partial charge on any atom is -0.481 e. The molecule has 0 aliphatic heterocycles. The lowest BCUT2D eigenvalue weighted by atomic mass is 10.1. The molecule has 17 heavy (non-hydrogen) atoms. The fourth-order valence-corrected chi connectivity index (χ4v) is 3.14. The predicted octanol–water partition coefficient (Wildman–Crippen LogP) is 3.48. The zero-order valence-corrected chi connectivity index (χ0v) is 10.8. The minimum atomic E-state index is -0.841. The fourth-order valence-electron chi connectivity index (χ4n) is 1.23. The van der Waals surface area contributed by atoms with Crippen LogP contribution < -0.4 is 0 Å². The highest BCUT2D eigenvalue weighted by atomic mass is 32.2. The Kier molecular flexibility index (Phi) is 3.81. The maximum atomic E-state index is 10.8. The zero-order chi connectivity index (χ0) is 12.3. The Morgan fingerprint density at radius 3 is 2.76 bits per heavy atom. The number of nitrogens with zero attached hydrogens (tertiary/aromatic N) is 1. The number of thiazole rings is 1. The number of carboxylic acid groups (broad SMARTS) is 1. The van der Waals surface area contributed by atoms with Crippen molar-refractivity contribution in [2.24, 2.45) is 0 Å². The number of benzene rings is 1. The largest absolute Gasteiger partial charge is 0.481 e. The molecule has 88 valence electrons. The Labute approximate surface area is 108 Å². The third-order valence-electron chi connectivity index (χ3n) is 2.26. The molecule has 1 atom stereocenters. The van der Waals surface area contributed by atoms with Gasteiger partial charge in [-0.3, -0.25) is 4.79 Å². The molecule has 5 heteroatoms. The summed E-state index contributed by atoms with van der Waals surface area (Å²) in [6.07, 6.45) is 0. The molecular weight excluding hydrogens is 254 g/mol. The van der Waals surface area contributed by atoms with Gasteiger partial charge in [0.1, 0.15) is 0 Å². The van der Waals surface area contributed by atoms with Gasteiger partial charge >= 0.3 is 5.97 Å². The SMILES string of the molecule is CC(C(=O)O)c1csc(Sc2ccccc2)n1. The number of carbonyl (C=O) groups is 1. The van der Waals surface area contributed by atoms with E-state index < -0.39 is 11.9 Å². The molecule has 0 aliphatic rings. The van der Waals surface area contributed by atoms with Crippen LogP contribution in [-0.4, -0.2) is 16.1 Å². The number of carboxylic acids is 1. The van der Waals surface area contributed by atoms with E-state index in [1.807, 2.05) is 35.7 Å². The van der Waals surface area contributed by atoms with Crippen LogP contribution in [0.15, 0.2) is 44.9 Å². The second-order valence-electron chi connectivity index (χ2n) is 3.51. The van der Waals surface area contributed by atoms with Crippen LogP contribution in [0.3, 0.4) is 0 Å². The van der Waals surface area contributed by atoms with Crippen LogP contribution in [0.2, 0.25) is 0 Å². The summed E-state index contributed by atoms with van der Waals surface area (Å²) in [4.78, 5) is 16.3. The van der Waals surface area contributed by atoms with Crippen molar-refractivity contribution < 1.29 is 9.90 Å². The number of rotatable bonds is 4. The maximum Gasteiger partial charge on any atom is 0.312 e. The summed E-state index contributed by atoms with van der Waals surface area (Å²) in [5.74, 6) is -1.39. The van der Waals surface area contributed by atoms with E-state index in [1.165, 1.54) is 11.3 Å². The second kappa shape index (κ2) is 5.33. The molecule has 0 bridgehead atoms. The van der Waals surface area contributed by atoms with Crippen LogP contribution in [0.1, 0.15) is 18.5 Å². The topological polar surface area (TPSA) is 50.2 Å². The smallest absolute Gasteiger partial charge is 0.312 e. The highest BCUT2D eigenvalue weighted by molar-refractivity contribution is 8.01. The summed E-state index contributed by atoms with van der Waals surface area (Å²) in [5, 5.41) is 10.7. The molecule has 1 aromatic carbocycles. The molecule has 0 spiro atoms. The first kappa shape index (κ1) is 12.1. The van der Waals surface area contributed by atoms with Crippen LogP contribution in [0, 0.1) is 0 Å². The summed E-state index contributed by atoms with van der Waals surface area (Å²) in [5.41, 5.74) is 0.626.